The number of hydrogen-bond donors (Lipinski definition) is 1. The quantitative estimate of drug-likeness (QED) is 0.920. The van der Waals surface area contributed by atoms with E-state index in [0.29, 0.717) is 17.1 Å². The fourth-order valence-electron chi connectivity index (χ4n) is 2.00. The Kier molecular flexibility index (Phi) is 4.93. The molecule has 1 heterocycles. The molecule has 0 aliphatic heterocycles. The highest BCUT2D eigenvalue weighted by Gasteiger charge is 2.24. The van der Waals surface area contributed by atoms with Crippen LogP contribution >= 0.6 is 11.6 Å². The third-order valence-electron chi connectivity index (χ3n) is 3.00. The summed E-state index contributed by atoms with van der Waals surface area (Å²) in [7, 11) is 4.64. The van der Waals surface area contributed by atoms with Gasteiger partial charge in [0.15, 0.2) is 0 Å². The molecule has 2 rings (SSSR count). The van der Waals surface area contributed by atoms with Crippen LogP contribution in [-0.4, -0.2) is 31.2 Å². The molecule has 0 spiro atoms. The Hall–Kier alpha value is -1.92. The highest BCUT2D eigenvalue weighted by atomic mass is 35.5. The van der Waals surface area contributed by atoms with Crippen LogP contribution in [0.25, 0.3) is 0 Å². The second-order valence-corrected chi connectivity index (χ2v) is 4.58. The lowest BCUT2D eigenvalue weighted by atomic mass is 10.0. The number of hydrogen-bond acceptors (Lipinski definition) is 5. The summed E-state index contributed by atoms with van der Waals surface area (Å²) in [6.07, 6.45) is 1.45. The van der Waals surface area contributed by atoms with E-state index >= 15 is 0 Å². The predicted molar refractivity (Wildman–Crippen MR) is 77.4 cm³/mol. The van der Waals surface area contributed by atoms with Gasteiger partial charge in [-0.2, -0.15) is 4.98 Å². The Morgan fingerprint density at radius 1 is 1.29 bits per heavy atom. The first-order chi connectivity index (χ1) is 10.1. The highest BCUT2D eigenvalue weighted by Crippen LogP contribution is 2.31. The zero-order valence-electron chi connectivity index (χ0n) is 11.9. The molecule has 1 unspecified atom stereocenters. The molecule has 1 atom stereocenters. The van der Waals surface area contributed by atoms with Crippen molar-refractivity contribution in [1.82, 2.24) is 15.3 Å². The first-order valence-electron chi connectivity index (χ1n) is 6.18. The summed E-state index contributed by atoms with van der Waals surface area (Å²) < 4.78 is 24.4. The summed E-state index contributed by atoms with van der Waals surface area (Å²) >= 11 is 5.83. The van der Waals surface area contributed by atoms with Crippen molar-refractivity contribution in [2.45, 2.75) is 6.04 Å². The molecule has 0 aliphatic carbocycles. The van der Waals surface area contributed by atoms with Crippen molar-refractivity contribution in [3.63, 3.8) is 0 Å². The lowest BCUT2D eigenvalue weighted by Crippen LogP contribution is -2.21. The molecular weight excluding hydrogens is 297 g/mol. The van der Waals surface area contributed by atoms with Crippen molar-refractivity contribution in [2.24, 2.45) is 0 Å². The smallest absolute Gasteiger partial charge is 0.240 e. The summed E-state index contributed by atoms with van der Waals surface area (Å²) in [4.78, 5) is 8.41. The molecule has 0 saturated heterocycles. The van der Waals surface area contributed by atoms with Gasteiger partial charge in [-0.05, 0) is 13.1 Å². The van der Waals surface area contributed by atoms with E-state index in [2.05, 4.69) is 15.3 Å². The summed E-state index contributed by atoms with van der Waals surface area (Å²) in [5, 5.41) is 3.04. The predicted octanol–water partition coefficient (Wildman–Crippen LogP) is 2.60. The molecule has 112 valence electrons. The molecule has 0 amide bonds. The average molecular weight is 312 g/mol. The van der Waals surface area contributed by atoms with E-state index in [1.54, 1.807) is 19.2 Å². The van der Waals surface area contributed by atoms with Crippen molar-refractivity contribution < 1.29 is 13.9 Å². The molecule has 0 saturated carbocycles. The first-order valence-corrected chi connectivity index (χ1v) is 6.56. The minimum absolute atomic E-state index is 0.0492. The van der Waals surface area contributed by atoms with Crippen LogP contribution in [0.1, 0.15) is 17.3 Å². The Balaban J connectivity index is 2.53. The molecule has 0 radical (unpaired) electrons. The van der Waals surface area contributed by atoms with E-state index in [-0.39, 0.29) is 10.9 Å². The number of aromatic nitrogens is 2. The number of methoxy groups -OCH3 is 2. The molecule has 1 aromatic heterocycles. The number of benzene rings is 1. The summed E-state index contributed by atoms with van der Waals surface area (Å²) in [5.41, 5.74) is 0.810. The van der Waals surface area contributed by atoms with Gasteiger partial charge in [-0.25, -0.2) is 9.37 Å². The Labute approximate surface area is 127 Å². The number of ether oxygens (including phenoxy) is 2. The van der Waals surface area contributed by atoms with Gasteiger partial charge in [0.1, 0.15) is 11.5 Å². The molecule has 2 aromatic rings. The van der Waals surface area contributed by atoms with Crippen molar-refractivity contribution in [2.75, 3.05) is 21.3 Å². The van der Waals surface area contributed by atoms with Crippen LogP contribution in [0.3, 0.4) is 0 Å². The summed E-state index contributed by atoms with van der Waals surface area (Å²) in [6, 6.07) is 4.25. The molecule has 7 heteroatoms. The number of rotatable bonds is 5. The second-order valence-electron chi connectivity index (χ2n) is 4.17. The van der Waals surface area contributed by atoms with Crippen LogP contribution in [-0.2, 0) is 0 Å². The van der Waals surface area contributed by atoms with Crippen molar-refractivity contribution in [3.8, 4) is 11.8 Å². The largest absolute Gasteiger partial charge is 0.480 e. The number of halogens is 2. The summed E-state index contributed by atoms with van der Waals surface area (Å²) in [6.45, 7) is 0. The maximum Gasteiger partial charge on any atom is 0.240 e. The van der Waals surface area contributed by atoms with Crippen molar-refractivity contribution in [3.05, 3.63) is 46.5 Å². The topological polar surface area (TPSA) is 56.3 Å². The van der Waals surface area contributed by atoms with Crippen LogP contribution in [0.5, 0.6) is 11.8 Å². The van der Waals surface area contributed by atoms with E-state index in [1.165, 1.54) is 26.5 Å². The van der Waals surface area contributed by atoms with Gasteiger partial charge in [-0.3, -0.25) is 0 Å². The normalized spacial score (nSPS) is 12.0. The Morgan fingerprint density at radius 3 is 2.67 bits per heavy atom. The van der Waals surface area contributed by atoms with Crippen LogP contribution in [0.2, 0.25) is 5.02 Å². The van der Waals surface area contributed by atoms with Crippen molar-refractivity contribution in [1.29, 1.82) is 0 Å². The third kappa shape index (κ3) is 3.06. The van der Waals surface area contributed by atoms with Gasteiger partial charge in [0.05, 0.1) is 31.5 Å². The second kappa shape index (κ2) is 6.69. The maximum absolute atomic E-state index is 14.2. The van der Waals surface area contributed by atoms with E-state index < -0.39 is 11.9 Å². The van der Waals surface area contributed by atoms with Gasteiger partial charge in [-0.1, -0.05) is 23.7 Å². The van der Waals surface area contributed by atoms with Crippen molar-refractivity contribution >= 4 is 11.6 Å². The fraction of sp³-hybridized carbons (Fsp3) is 0.286. The monoisotopic (exact) mass is 311 g/mol. The minimum atomic E-state index is -0.544. The highest BCUT2D eigenvalue weighted by molar-refractivity contribution is 6.30. The SMILES string of the molecule is CNC(c1cccc(Cl)c1F)c1ncc(OC)nc1OC. The molecule has 1 aromatic carbocycles. The minimum Gasteiger partial charge on any atom is -0.480 e. The molecule has 1 N–H and O–H groups in total. The molecule has 0 aliphatic rings. The zero-order valence-corrected chi connectivity index (χ0v) is 12.6. The fourth-order valence-corrected chi connectivity index (χ4v) is 2.18. The Bertz CT molecular complexity index is 640. The molecular formula is C14H15ClFN3O2. The molecule has 0 bridgehead atoms. The summed E-state index contributed by atoms with van der Waals surface area (Å²) in [5.74, 6) is 0.0725. The number of nitrogens with one attached hydrogen (secondary N) is 1. The van der Waals surface area contributed by atoms with Crippen LogP contribution in [0.4, 0.5) is 4.39 Å². The standard InChI is InChI=1S/C14H15ClFN3O2/c1-17-12(8-5-4-6-9(15)11(8)16)13-14(21-3)19-10(20-2)7-18-13/h4-7,12,17H,1-3H3. The average Bonchev–Trinajstić information content (AvgIpc) is 2.52. The molecule has 21 heavy (non-hydrogen) atoms. The lowest BCUT2D eigenvalue weighted by Gasteiger charge is -2.19. The number of nitrogens with zero attached hydrogens (tertiary/aromatic N) is 2. The van der Waals surface area contributed by atoms with Gasteiger partial charge in [0.2, 0.25) is 11.8 Å². The van der Waals surface area contributed by atoms with E-state index in [4.69, 9.17) is 21.1 Å². The van der Waals surface area contributed by atoms with Crippen LogP contribution in [0, 0.1) is 5.82 Å². The Morgan fingerprint density at radius 2 is 2.05 bits per heavy atom. The van der Waals surface area contributed by atoms with Gasteiger partial charge >= 0.3 is 0 Å². The van der Waals surface area contributed by atoms with E-state index in [9.17, 15) is 4.39 Å². The molecule has 0 fully saturated rings. The maximum atomic E-state index is 14.2. The van der Waals surface area contributed by atoms with Gasteiger partial charge in [0, 0.05) is 5.56 Å². The van der Waals surface area contributed by atoms with Crippen LogP contribution < -0.4 is 14.8 Å². The third-order valence-corrected chi connectivity index (χ3v) is 3.29. The lowest BCUT2D eigenvalue weighted by molar-refractivity contribution is 0.353. The van der Waals surface area contributed by atoms with Gasteiger partial charge in [0.25, 0.3) is 0 Å². The van der Waals surface area contributed by atoms with Gasteiger partial charge < -0.3 is 14.8 Å². The van der Waals surface area contributed by atoms with Gasteiger partial charge in [-0.15, -0.1) is 0 Å². The van der Waals surface area contributed by atoms with E-state index in [0.717, 1.165) is 0 Å². The molecule has 5 nitrogen and oxygen atoms in total. The van der Waals surface area contributed by atoms with E-state index in [1.807, 2.05) is 0 Å². The zero-order chi connectivity index (χ0) is 15.4. The van der Waals surface area contributed by atoms with Crippen LogP contribution in [0.15, 0.2) is 24.4 Å². The first kappa shape index (κ1) is 15.5.